The van der Waals surface area contributed by atoms with Gasteiger partial charge in [0.1, 0.15) is 12.7 Å². The minimum absolute atomic E-state index is 0.0349. The Morgan fingerprint density at radius 3 is 2.79 bits per heavy atom. The molecule has 1 aliphatic heterocycles. The molecule has 78 valence electrons. The van der Waals surface area contributed by atoms with Gasteiger partial charge in [-0.25, -0.2) is 0 Å². The first-order valence-electron chi connectivity index (χ1n) is 5.61. The molecule has 0 aromatic carbocycles. The monoisotopic (exact) mass is 196 g/mol. The van der Waals surface area contributed by atoms with E-state index in [0.717, 1.165) is 18.9 Å². The third kappa shape index (κ3) is 1.54. The van der Waals surface area contributed by atoms with Gasteiger partial charge in [0.05, 0.1) is 12.5 Å². The van der Waals surface area contributed by atoms with Gasteiger partial charge in [-0.15, -0.1) is 0 Å². The summed E-state index contributed by atoms with van der Waals surface area (Å²) in [5.41, 5.74) is 0. The van der Waals surface area contributed by atoms with Crippen LogP contribution in [0.5, 0.6) is 0 Å². The Kier molecular flexibility index (Phi) is 2.01. The van der Waals surface area contributed by atoms with Gasteiger partial charge in [0.25, 0.3) is 0 Å². The second-order valence-electron chi connectivity index (χ2n) is 4.87. The van der Waals surface area contributed by atoms with Crippen LogP contribution in [0.4, 0.5) is 0 Å². The van der Waals surface area contributed by atoms with Crippen LogP contribution >= 0.6 is 0 Å². The minimum Gasteiger partial charge on any atom is -0.463 e. The zero-order valence-electron chi connectivity index (χ0n) is 8.28. The lowest BCUT2D eigenvalue weighted by molar-refractivity contribution is -0.150. The van der Waals surface area contributed by atoms with Crippen molar-refractivity contribution in [1.29, 1.82) is 0 Å². The topological polar surface area (TPSA) is 38.8 Å². The first-order valence-corrected chi connectivity index (χ1v) is 5.61. The Morgan fingerprint density at radius 1 is 1.36 bits per heavy atom. The smallest absolute Gasteiger partial charge is 0.309 e. The van der Waals surface area contributed by atoms with Crippen LogP contribution in [-0.2, 0) is 14.3 Å². The molecule has 2 aliphatic carbocycles. The van der Waals surface area contributed by atoms with Crippen molar-refractivity contribution in [2.75, 3.05) is 13.2 Å². The van der Waals surface area contributed by atoms with E-state index in [-0.39, 0.29) is 18.0 Å². The van der Waals surface area contributed by atoms with Gasteiger partial charge >= 0.3 is 5.97 Å². The van der Waals surface area contributed by atoms with Crippen molar-refractivity contribution < 1.29 is 14.3 Å². The fourth-order valence-electron chi connectivity index (χ4n) is 2.98. The Bertz CT molecular complexity index is 247. The summed E-state index contributed by atoms with van der Waals surface area (Å²) < 4.78 is 10.2. The zero-order valence-corrected chi connectivity index (χ0v) is 8.28. The van der Waals surface area contributed by atoms with Crippen LogP contribution in [0.3, 0.4) is 0 Å². The largest absolute Gasteiger partial charge is 0.463 e. The normalized spacial score (nSPS) is 44.0. The summed E-state index contributed by atoms with van der Waals surface area (Å²) in [6, 6.07) is 0. The van der Waals surface area contributed by atoms with Gasteiger partial charge in [-0.1, -0.05) is 6.42 Å². The molecule has 3 heteroatoms. The summed E-state index contributed by atoms with van der Waals surface area (Å²) in [5.74, 6) is 1.70. The number of carbonyl (C=O) groups excluding carboxylic acids is 1. The highest BCUT2D eigenvalue weighted by Gasteiger charge is 2.44. The predicted octanol–water partition coefficient (Wildman–Crippen LogP) is 1.36. The SMILES string of the molecule is O=C(OCC1CO1)C1CC2CCC1C2. The van der Waals surface area contributed by atoms with Crippen LogP contribution in [-0.4, -0.2) is 25.3 Å². The van der Waals surface area contributed by atoms with Crippen LogP contribution in [0, 0.1) is 17.8 Å². The van der Waals surface area contributed by atoms with E-state index >= 15 is 0 Å². The molecule has 3 rings (SSSR count). The molecular formula is C11H16O3. The number of carbonyl (C=O) groups is 1. The summed E-state index contributed by atoms with van der Waals surface area (Å²) in [6.07, 6.45) is 5.12. The second kappa shape index (κ2) is 3.23. The van der Waals surface area contributed by atoms with Crippen molar-refractivity contribution in [3.63, 3.8) is 0 Å². The van der Waals surface area contributed by atoms with E-state index < -0.39 is 0 Å². The van der Waals surface area contributed by atoms with Crippen molar-refractivity contribution >= 4 is 5.97 Å². The van der Waals surface area contributed by atoms with Crippen LogP contribution < -0.4 is 0 Å². The molecule has 3 fully saturated rings. The van der Waals surface area contributed by atoms with E-state index in [1.165, 1.54) is 19.3 Å². The fraction of sp³-hybridized carbons (Fsp3) is 0.909. The molecule has 4 unspecified atom stereocenters. The number of hydrogen-bond donors (Lipinski definition) is 0. The molecule has 0 N–H and O–H groups in total. The number of esters is 1. The van der Waals surface area contributed by atoms with Crippen LogP contribution in [0.1, 0.15) is 25.7 Å². The van der Waals surface area contributed by atoms with Gasteiger partial charge in [0.2, 0.25) is 0 Å². The van der Waals surface area contributed by atoms with Gasteiger partial charge in [-0.2, -0.15) is 0 Å². The highest BCUT2D eigenvalue weighted by atomic mass is 16.6. The molecular weight excluding hydrogens is 180 g/mol. The average Bonchev–Trinajstić information content (AvgIpc) is 2.79. The van der Waals surface area contributed by atoms with E-state index in [0.29, 0.717) is 12.5 Å². The Morgan fingerprint density at radius 2 is 2.21 bits per heavy atom. The minimum atomic E-state index is 0.0349. The highest BCUT2D eigenvalue weighted by Crippen LogP contribution is 2.48. The van der Waals surface area contributed by atoms with E-state index in [1.54, 1.807) is 0 Å². The Hall–Kier alpha value is -0.570. The van der Waals surface area contributed by atoms with Gasteiger partial charge in [-0.05, 0) is 31.1 Å². The number of epoxide rings is 1. The lowest BCUT2D eigenvalue weighted by Crippen LogP contribution is -2.24. The molecule has 2 bridgehead atoms. The standard InChI is InChI=1S/C11H16O3/c12-11(14-6-9-5-13-9)10-4-7-1-2-8(10)3-7/h7-10H,1-6H2. The number of fused-ring (bicyclic) bond motifs is 2. The third-order valence-electron chi connectivity index (χ3n) is 3.85. The van der Waals surface area contributed by atoms with Crippen molar-refractivity contribution in [3.05, 3.63) is 0 Å². The average molecular weight is 196 g/mol. The quantitative estimate of drug-likeness (QED) is 0.505. The first kappa shape index (κ1) is 8.72. The molecule has 4 atom stereocenters. The highest BCUT2D eigenvalue weighted by molar-refractivity contribution is 5.73. The van der Waals surface area contributed by atoms with Crippen molar-refractivity contribution in [1.82, 2.24) is 0 Å². The van der Waals surface area contributed by atoms with E-state index in [1.807, 2.05) is 0 Å². The molecule has 0 amide bonds. The summed E-state index contributed by atoms with van der Waals surface area (Å²) in [6.45, 7) is 1.25. The summed E-state index contributed by atoms with van der Waals surface area (Å²) >= 11 is 0. The molecule has 3 aliphatic rings. The Labute approximate surface area is 83.8 Å². The molecule has 3 nitrogen and oxygen atoms in total. The summed E-state index contributed by atoms with van der Waals surface area (Å²) in [4.78, 5) is 11.7. The lowest BCUT2D eigenvalue weighted by Gasteiger charge is -2.19. The van der Waals surface area contributed by atoms with E-state index in [2.05, 4.69) is 0 Å². The fourth-order valence-corrected chi connectivity index (χ4v) is 2.98. The third-order valence-corrected chi connectivity index (χ3v) is 3.85. The van der Waals surface area contributed by atoms with Crippen molar-refractivity contribution in [2.24, 2.45) is 17.8 Å². The zero-order chi connectivity index (χ0) is 9.54. The van der Waals surface area contributed by atoms with Crippen LogP contribution in [0.2, 0.25) is 0 Å². The van der Waals surface area contributed by atoms with E-state index in [9.17, 15) is 4.79 Å². The van der Waals surface area contributed by atoms with Crippen molar-refractivity contribution in [3.8, 4) is 0 Å². The number of ether oxygens (including phenoxy) is 2. The maximum absolute atomic E-state index is 11.7. The number of rotatable bonds is 3. The number of hydrogen-bond acceptors (Lipinski definition) is 3. The van der Waals surface area contributed by atoms with Gasteiger partial charge < -0.3 is 9.47 Å². The molecule has 0 spiro atoms. The van der Waals surface area contributed by atoms with Gasteiger partial charge in [0, 0.05) is 0 Å². The van der Waals surface area contributed by atoms with Crippen LogP contribution in [0.15, 0.2) is 0 Å². The molecule has 0 aromatic heterocycles. The molecule has 0 aromatic rings. The molecule has 1 saturated heterocycles. The predicted molar refractivity (Wildman–Crippen MR) is 49.6 cm³/mol. The lowest BCUT2D eigenvalue weighted by atomic mass is 9.89. The van der Waals surface area contributed by atoms with E-state index in [4.69, 9.17) is 9.47 Å². The second-order valence-corrected chi connectivity index (χ2v) is 4.87. The first-order chi connectivity index (χ1) is 6.83. The Balaban J connectivity index is 1.51. The molecule has 0 radical (unpaired) electrons. The van der Waals surface area contributed by atoms with Gasteiger partial charge in [-0.3, -0.25) is 4.79 Å². The van der Waals surface area contributed by atoms with Gasteiger partial charge in [0.15, 0.2) is 0 Å². The maximum Gasteiger partial charge on any atom is 0.309 e. The molecule has 2 saturated carbocycles. The molecule has 14 heavy (non-hydrogen) atoms. The molecule has 1 heterocycles. The van der Waals surface area contributed by atoms with Crippen LogP contribution in [0.25, 0.3) is 0 Å². The summed E-state index contributed by atoms with van der Waals surface area (Å²) in [7, 11) is 0. The maximum atomic E-state index is 11.7. The van der Waals surface area contributed by atoms with Crippen molar-refractivity contribution in [2.45, 2.75) is 31.8 Å². The summed E-state index contributed by atoms with van der Waals surface area (Å²) in [5, 5.41) is 0.